The third kappa shape index (κ3) is 6.35. The number of hydrogen-bond donors (Lipinski definition) is 2. The highest BCUT2D eigenvalue weighted by Gasteiger charge is 2.29. The molecule has 0 bridgehead atoms. The van der Waals surface area contributed by atoms with E-state index in [1.54, 1.807) is 53.4 Å². The maximum absolute atomic E-state index is 12.7. The molecule has 1 aliphatic rings. The van der Waals surface area contributed by atoms with Crippen LogP contribution in [0.4, 0.5) is 11.4 Å². The van der Waals surface area contributed by atoms with Crippen molar-refractivity contribution in [2.24, 2.45) is 5.92 Å². The maximum Gasteiger partial charge on any atom is 0.329 e. The molecule has 0 aliphatic carbocycles. The Morgan fingerprint density at radius 1 is 1.12 bits per heavy atom. The van der Waals surface area contributed by atoms with Gasteiger partial charge in [0.2, 0.25) is 5.91 Å². The lowest BCUT2D eigenvalue weighted by Crippen LogP contribution is -2.46. The van der Waals surface area contributed by atoms with E-state index in [1.807, 2.05) is 13.8 Å². The van der Waals surface area contributed by atoms with Crippen LogP contribution in [-0.2, 0) is 19.1 Å². The number of para-hydroxylation sites is 2. The molecule has 0 spiro atoms. The van der Waals surface area contributed by atoms with E-state index in [9.17, 15) is 19.2 Å². The number of carbonyl (C=O) groups is 4. The first-order valence-corrected chi connectivity index (χ1v) is 11.6. The van der Waals surface area contributed by atoms with Gasteiger partial charge < -0.3 is 20.3 Å². The number of hydrogen-bond acceptors (Lipinski definition) is 5. The van der Waals surface area contributed by atoms with Crippen molar-refractivity contribution in [3.05, 3.63) is 59.1 Å². The van der Waals surface area contributed by atoms with E-state index in [-0.39, 0.29) is 11.8 Å². The first kappa shape index (κ1) is 25.2. The molecule has 180 valence electrons. The largest absolute Gasteiger partial charge is 0.454 e. The number of carbonyl (C=O) groups excluding carboxylic acids is 4. The number of halogens is 1. The summed E-state index contributed by atoms with van der Waals surface area (Å²) >= 11 is 5.87. The van der Waals surface area contributed by atoms with Crippen LogP contribution in [0, 0.1) is 5.92 Å². The predicted molar refractivity (Wildman–Crippen MR) is 130 cm³/mol. The summed E-state index contributed by atoms with van der Waals surface area (Å²) in [6.07, 6.45) is 1.85. The third-order valence-corrected chi connectivity index (χ3v) is 6.00. The third-order valence-electron chi connectivity index (χ3n) is 5.75. The van der Waals surface area contributed by atoms with Crippen molar-refractivity contribution in [2.75, 3.05) is 23.4 Å². The van der Waals surface area contributed by atoms with Gasteiger partial charge in [0.05, 0.1) is 11.4 Å². The van der Waals surface area contributed by atoms with Gasteiger partial charge in [0.25, 0.3) is 11.8 Å². The van der Waals surface area contributed by atoms with Crippen molar-refractivity contribution in [1.29, 1.82) is 0 Å². The minimum atomic E-state index is -0.921. The fourth-order valence-corrected chi connectivity index (χ4v) is 3.75. The zero-order chi connectivity index (χ0) is 24.7. The molecule has 0 unspecified atom stereocenters. The molecular weight excluding hydrogens is 458 g/mol. The minimum absolute atomic E-state index is 0.000880. The number of esters is 1. The standard InChI is InChI=1S/C25H28ClN3O5/c1-3-16(2)23(28-24(32)17-10-12-18(26)13-11-17)25(33)34-15-21(30)27-19-7-4-5-8-20(19)29-14-6-9-22(29)31/h4-5,7-8,10-13,16,23H,3,6,9,14-15H2,1-2H3,(H,27,30)(H,28,32)/t16-,23-/m0/s1. The fourth-order valence-electron chi connectivity index (χ4n) is 3.63. The summed E-state index contributed by atoms with van der Waals surface area (Å²) in [7, 11) is 0. The van der Waals surface area contributed by atoms with Gasteiger partial charge in [-0.25, -0.2) is 4.79 Å². The molecular formula is C25H28ClN3O5. The SMILES string of the molecule is CC[C@H](C)[C@H](NC(=O)c1ccc(Cl)cc1)C(=O)OCC(=O)Nc1ccccc1N1CCCC1=O. The summed E-state index contributed by atoms with van der Waals surface area (Å²) in [5.41, 5.74) is 1.43. The number of benzene rings is 2. The van der Waals surface area contributed by atoms with Crippen LogP contribution >= 0.6 is 11.6 Å². The number of anilines is 2. The number of ether oxygens (including phenoxy) is 1. The number of nitrogens with zero attached hydrogens (tertiary/aromatic N) is 1. The van der Waals surface area contributed by atoms with Gasteiger partial charge in [0.15, 0.2) is 6.61 Å². The van der Waals surface area contributed by atoms with Crippen molar-refractivity contribution in [3.63, 3.8) is 0 Å². The Balaban J connectivity index is 1.61. The summed E-state index contributed by atoms with van der Waals surface area (Å²) in [6, 6.07) is 12.4. The molecule has 3 amide bonds. The quantitative estimate of drug-likeness (QED) is 0.526. The summed E-state index contributed by atoms with van der Waals surface area (Å²) in [4.78, 5) is 51.6. The van der Waals surface area contributed by atoms with E-state index in [2.05, 4.69) is 10.6 Å². The summed E-state index contributed by atoms with van der Waals surface area (Å²) in [5.74, 6) is -1.89. The second kappa shape index (κ2) is 11.7. The number of amides is 3. The lowest BCUT2D eigenvalue weighted by Gasteiger charge is -2.23. The zero-order valence-electron chi connectivity index (χ0n) is 19.2. The maximum atomic E-state index is 12.7. The molecule has 9 heteroatoms. The summed E-state index contributed by atoms with van der Waals surface area (Å²) in [6.45, 7) is 3.77. The van der Waals surface area contributed by atoms with Gasteiger partial charge in [-0.05, 0) is 48.7 Å². The molecule has 0 radical (unpaired) electrons. The Morgan fingerprint density at radius 2 is 1.82 bits per heavy atom. The molecule has 2 atom stereocenters. The van der Waals surface area contributed by atoms with Crippen LogP contribution in [-0.4, -0.2) is 42.9 Å². The van der Waals surface area contributed by atoms with Gasteiger partial charge in [-0.2, -0.15) is 0 Å². The van der Waals surface area contributed by atoms with Crippen LogP contribution in [0.2, 0.25) is 5.02 Å². The Morgan fingerprint density at radius 3 is 2.47 bits per heavy atom. The molecule has 34 heavy (non-hydrogen) atoms. The Kier molecular flexibility index (Phi) is 8.65. The molecule has 0 saturated carbocycles. The average molecular weight is 486 g/mol. The van der Waals surface area contributed by atoms with Crippen LogP contribution in [0.1, 0.15) is 43.5 Å². The van der Waals surface area contributed by atoms with Crippen molar-refractivity contribution in [1.82, 2.24) is 5.32 Å². The van der Waals surface area contributed by atoms with Gasteiger partial charge in [-0.1, -0.05) is 44.0 Å². The molecule has 2 aromatic carbocycles. The molecule has 8 nitrogen and oxygen atoms in total. The Labute approximate surface area is 203 Å². The van der Waals surface area contributed by atoms with Crippen molar-refractivity contribution in [2.45, 2.75) is 39.2 Å². The minimum Gasteiger partial charge on any atom is -0.454 e. The van der Waals surface area contributed by atoms with Gasteiger partial charge >= 0.3 is 5.97 Å². The smallest absolute Gasteiger partial charge is 0.329 e. The second-order valence-corrected chi connectivity index (χ2v) is 8.60. The Hall–Kier alpha value is -3.39. The monoisotopic (exact) mass is 485 g/mol. The van der Waals surface area contributed by atoms with E-state index >= 15 is 0 Å². The van der Waals surface area contributed by atoms with Gasteiger partial charge in [0, 0.05) is 23.6 Å². The zero-order valence-corrected chi connectivity index (χ0v) is 19.9. The highest BCUT2D eigenvalue weighted by Crippen LogP contribution is 2.29. The normalized spacial score (nSPS) is 14.9. The van der Waals surface area contributed by atoms with Crippen LogP contribution in [0.5, 0.6) is 0 Å². The van der Waals surface area contributed by atoms with E-state index < -0.39 is 30.4 Å². The Bertz CT molecular complexity index is 1060. The predicted octanol–water partition coefficient (Wildman–Crippen LogP) is 3.79. The van der Waals surface area contributed by atoms with Crippen LogP contribution < -0.4 is 15.5 Å². The molecule has 2 N–H and O–H groups in total. The second-order valence-electron chi connectivity index (χ2n) is 8.17. The van der Waals surface area contributed by atoms with E-state index in [1.165, 1.54) is 0 Å². The van der Waals surface area contributed by atoms with E-state index in [0.717, 1.165) is 6.42 Å². The number of nitrogens with one attached hydrogen (secondary N) is 2. The average Bonchev–Trinajstić information content (AvgIpc) is 3.26. The summed E-state index contributed by atoms with van der Waals surface area (Å²) < 4.78 is 5.24. The van der Waals surface area contributed by atoms with Crippen LogP contribution in [0.25, 0.3) is 0 Å². The molecule has 1 heterocycles. The molecule has 0 aromatic heterocycles. The van der Waals surface area contributed by atoms with Crippen molar-refractivity contribution in [3.8, 4) is 0 Å². The fraction of sp³-hybridized carbons (Fsp3) is 0.360. The highest BCUT2D eigenvalue weighted by molar-refractivity contribution is 6.30. The van der Waals surface area contributed by atoms with Gasteiger partial charge in [-0.3, -0.25) is 14.4 Å². The van der Waals surface area contributed by atoms with E-state index in [0.29, 0.717) is 41.3 Å². The summed E-state index contributed by atoms with van der Waals surface area (Å²) in [5, 5.41) is 5.90. The van der Waals surface area contributed by atoms with Crippen LogP contribution in [0.3, 0.4) is 0 Å². The lowest BCUT2D eigenvalue weighted by atomic mass is 9.99. The lowest BCUT2D eigenvalue weighted by molar-refractivity contribution is -0.150. The van der Waals surface area contributed by atoms with Gasteiger partial charge in [-0.15, -0.1) is 0 Å². The molecule has 2 aromatic rings. The van der Waals surface area contributed by atoms with E-state index in [4.69, 9.17) is 16.3 Å². The van der Waals surface area contributed by atoms with Crippen molar-refractivity contribution >= 4 is 46.7 Å². The highest BCUT2D eigenvalue weighted by atomic mass is 35.5. The first-order valence-electron chi connectivity index (χ1n) is 11.2. The van der Waals surface area contributed by atoms with Crippen molar-refractivity contribution < 1.29 is 23.9 Å². The molecule has 1 fully saturated rings. The molecule has 3 rings (SSSR count). The van der Waals surface area contributed by atoms with Crippen LogP contribution in [0.15, 0.2) is 48.5 Å². The molecule has 1 aliphatic heterocycles. The molecule has 1 saturated heterocycles. The first-order chi connectivity index (χ1) is 16.3. The van der Waals surface area contributed by atoms with Gasteiger partial charge in [0.1, 0.15) is 6.04 Å². The topological polar surface area (TPSA) is 105 Å². The number of rotatable bonds is 9.